The van der Waals surface area contributed by atoms with Gasteiger partial charge in [0.1, 0.15) is 36.6 Å². The number of rotatable bonds is 16. The van der Waals surface area contributed by atoms with Crippen molar-refractivity contribution in [2.24, 2.45) is 22.6 Å². The van der Waals surface area contributed by atoms with Crippen LogP contribution in [0.1, 0.15) is 33.1 Å². The van der Waals surface area contributed by atoms with Gasteiger partial charge in [0.25, 0.3) is 0 Å². The number of hydrogen-bond acceptors (Lipinski definition) is 15. The maximum atomic E-state index is 12.3. The number of nitrogens with two attached hydrogens (primary N) is 3. The Balaban J connectivity index is 1.65. The van der Waals surface area contributed by atoms with Crippen LogP contribution in [0.4, 0.5) is 0 Å². The number of hydrogen-bond donors (Lipinski definition) is 12. The molecule has 1 aliphatic carbocycles. The Hall–Kier alpha value is -1.68. The van der Waals surface area contributed by atoms with E-state index in [0.717, 1.165) is 0 Å². The highest BCUT2D eigenvalue weighted by molar-refractivity contribution is 7.99. The molecule has 3 amide bonds. The van der Waals surface area contributed by atoms with Crippen molar-refractivity contribution in [2.75, 3.05) is 37.7 Å². The zero-order valence-corrected chi connectivity index (χ0v) is 25.9. The van der Waals surface area contributed by atoms with Crippen LogP contribution < -0.4 is 33.2 Å². The summed E-state index contributed by atoms with van der Waals surface area (Å²) in [5.74, 6) is -0.348. The zero-order valence-electron chi connectivity index (χ0n) is 25.1. The van der Waals surface area contributed by atoms with Gasteiger partial charge < -0.3 is 73.3 Å². The van der Waals surface area contributed by atoms with E-state index in [1.54, 1.807) is 13.8 Å². The zero-order chi connectivity index (χ0) is 33.2. The maximum absolute atomic E-state index is 12.3. The van der Waals surface area contributed by atoms with Crippen molar-refractivity contribution in [1.29, 1.82) is 0 Å². The van der Waals surface area contributed by atoms with E-state index in [4.69, 9.17) is 26.7 Å². The van der Waals surface area contributed by atoms with Gasteiger partial charge in [0, 0.05) is 61.5 Å². The first-order valence-corrected chi connectivity index (χ1v) is 15.7. The van der Waals surface area contributed by atoms with Gasteiger partial charge in [0.05, 0.1) is 18.8 Å². The number of ether oxygens (including phenoxy) is 2. The maximum Gasteiger partial charge on any atom is 0.249 e. The largest absolute Gasteiger partial charge is 0.396 e. The van der Waals surface area contributed by atoms with Crippen LogP contribution in [0.2, 0.25) is 0 Å². The SMILES string of the molecule is CC(C)(CO)[C@@H](O)C(=O)NCCC(=O)NCCSCCC(=O)NC[C@H]1O[C@H](O[C@H]2[C@H](O)[C@@H](O)[C@H](N)C[C@@H]2N)[C@H](N)[C@@H](O)[C@@H]1O. The van der Waals surface area contributed by atoms with Gasteiger partial charge in [-0.25, -0.2) is 0 Å². The van der Waals surface area contributed by atoms with E-state index in [2.05, 4.69) is 16.0 Å². The first kappa shape index (κ1) is 38.5. The number of aliphatic hydroxyl groups excluding tert-OH is 6. The van der Waals surface area contributed by atoms with Gasteiger partial charge in [-0.2, -0.15) is 11.8 Å². The molecule has 17 nitrogen and oxygen atoms in total. The van der Waals surface area contributed by atoms with Crippen molar-refractivity contribution < 1.29 is 54.5 Å². The van der Waals surface area contributed by atoms with E-state index < -0.39 is 78.5 Å². The van der Waals surface area contributed by atoms with E-state index in [1.807, 2.05) is 0 Å². The summed E-state index contributed by atoms with van der Waals surface area (Å²) in [7, 11) is 0. The number of aliphatic hydroxyl groups is 6. The second kappa shape index (κ2) is 17.9. The lowest BCUT2D eigenvalue weighted by Crippen LogP contribution is -2.67. The molecule has 0 spiro atoms. The van der Waals surface area contributed by atoms with E-state index in [9.17, 15) is 45.0 Å². The van der Waals surface area contributed by atoms with Gasteiger partial charge in [0.2, 0.25) is 17.7 Å². The second-order valence-corrected chi connectivity index (χ2v) is 13.1. The molecule has 1 heterocycles. The smallest absolute Gasteiger partial charge is 0.249 e. The van der Waals surface area contributed by atoms with Gasteiger partial charge in [-0.3, -0.25) is 14.4 Å². The van der Waals surface area contributed by atoms with Crippen LogP contribution in [0.25, 0.3) is 0 Å². The molecule has 44 heavy (non-hydrogen) atoms. The number of amides is 3. The summed E-state index contributed by atoms with van der Waals surface area (Å²) in [5.41, 5.74) is 16.8. The molecule has 0 aromatic heterocycles. The van der Waals surface area contributed by atoms with E-state index in [-0.39, 0.29) is 50.8 Å². The van der Waals surface area contributed by atoms with Crippen molar-refractivity contribution in [3.63, 3.8) is 0 Å². The van der Waals surface area contributed by atoms with Gasteiger partial charge in [-0.05, 0) is 6.42 Å². The van der Waals surface area contributed by atoms with Crippen molar-refractivity contribution in [3.8, 4) is 0 Å². The lowest BCUT2D eigenvalue weighted by molar-refractivity contribution is -0.288. The molecular weight excluding hydrogens is 604 g/mol. The highest BCUT2D eigenvalue weighted by Gasteiger charge is 2.48. The normalized spacial score (nSPS) is 33.3. The monoisotopic (exact) mass is 654 g/mol. The number of carbonyl (C=O) groups is 3. The average molecular weight is 655 g/mol. The molecule has 0 bridgehead atoms. The second-order valence-electron chi connectivity index (χ2n) is 11.9. The molecular formula is C26H50N6O11S. The van der Waals surface area contributed by atoms with Crippen molar-refractivity contribution in [3.05, 3.63) is 0 Å². The molecule has 18 heteroatoms. The first-order valence-electron chi connectivity index (χ1n) is 14.6. The number of thioether (sulfide) groups is 1. The highest BCUT2D eigenvalue weighted by atomic mass is 32.2. The molecule has 2 fully saturated rings. The molecule has 256 valence electrons. The molecule has 11 atom stereocenters. The van der Waals surface area contributed by atoms with Gasteiger partial charge in [0.15, 0.2) is 6.29 Å². The third-order valence-electron chi connectivity index (χ3n) is 7.72. The van der Waals surface area contributed by atoms with Crippen LogP contribution in [0, 0.1) is 5.41 Å². The molecule has 1 saturated carbocycles. The third-order valence-corrected chi connectivity index (χ3v) is 8.71. The van der Waals surface area contributed by atoms with Crippen LogP contribution in [-0.2, 0) is 23.9 Å². The minimum atomic E-state index is -1.47. The van der Waals surface area contributed by atoms with Crippen LogP contribution in [-0.4, -0.2) is 153 Å². The number of carbonyl (C=O) groups excluding carboxylic acids is 3. The van der Waals surface area contributed by atoms with Crippen LogP contribution in [0.3, 0.4) is 0 Å². The Morgan fingerprint density at radius 3 is 2.23 bits per heavy atom. The standard InChI is InChI=1S/C26H50N6O11S/c1-26(2,11-33)23(40)24(41)31-5-3-15(34)30-6-8-44-7-4-16(35)32-10-14-19(37)20(38)17(29)25(42-14)43-22-13(28)9-12(27)18(36)21(22)39/h12-14,17-23,25,33,36-40H,3-11,27-29H2,1-2H3,(H,30,34)(H,31,41)(H,32,35)/t12-,13+,14-,17-,18+,19-,20-,21-,22-,23+,25-/m1/s1. The summed E-state index contributed by atoms with van der Waals surface area (Å²) in [6.45, 7) is 2.91. The van der Waals surface area contributed by atoms with Crippen molar-refractivity contribution >= 4 is 29.5 Å². The van der Waals surface area contributed by atoms with Crippen LogP contribution in [0.5, 0.6) is 0 Å². The Morgan fingerprint density at radius 2 is 1.57 bits per heavy atom. The summed E-state index contributed by atoms with van der Waals surface area (Å²) in [4.78, 5) is 36.2. The van der Waals surface area contributed by atoms with Gasteiger partial charge in [-0.1, -0.05) is 13.8 Å². The Labute approximate surface area is 260 Å². The fourth-order valence-corrected chi connectivity index (χ4v) is 5.41. The predicted molar refractivity (Wildman–Crippen MR) is 159 cm³/mol. The minimum Gasteiger partial charge on any atom is -0.396 e. The highest BCUT2D eigenvalue weighted by Crippen LogP contribution is 2.27. The van der Waals surface area contributed by atoms with Crippen LogP contribution in [0.15, 0.2) is 0 Å². The van der Waals surface area contributed by atoms with Gasteiger partial charge >= 0.3 is 0 Å². The molecule has 2 aliphatic rings. The first-order chi connectivity index (χ1) is 20.6. The molecule has 0 aromatic carbocycles. The number of nitrogens with one attached hydrogen (secondary N) is 3. The lowest BCUT2D eigenvalue weighted by atomic mass is 9.84. The molecule has 0 radical (unpaired) electrons. The topological polar surface area (TPSA) is 305 Å². The van der Waals surface area contributed by atoms with Crippen molar-refractivity contribution in [2.45, 2.75) is 100 Å². The lowest BCUT2D eigenvalue weighted by Gasteiger charge is -2.45. The third kappa shape index (κ3) is 11.0. The van der Waals surface area contributed by atoms with Gasteiger partial charge in [-0.15, -0.1) is 0 Å². The van der Waals surface area contributed by atoms with Crippen LogP contribution >= 0.6 is 11.8 Å². The quantitative estimate of drug-likeness (QED) is 0.0690. The van der Waals surface area contributed by atoms with Crippen molar-refractivity contribution in [1.82, 2.24) is 16.0 Å². The Kier molecular flexibility index (Phi) is 15.6. The van der Waals surface area contributed by atoms with E-state index in [0.29, 0.717) is 18.1 Å². The molecule has 2 rings (SSSR count). The minimum absolute atomic E-state index is 0.00975. The molecule has 0 aromatic rings. The fourth-order valence-electron chi connectivity index (χ4n) is 4.63. The predicted octanol–water partition coefficient (Wildman–Crippen LogP) is -5.83. The summed E-state index contributed by atoms with van der Waals surface area (Å²) in [6.07, 6.45) is -10.2. The molecule has 1 saturated heterocycles. The Morgan fingerprint density at radius 1 is 0.909 bits per heavy atom. The molecule has 1 aliphatic heterocycles. The average Bonchev–Trinajstić information content (AvgIpc) is 2.98. The summed E-state index contributed by atoms with van der Waals surface area (Å²) >= 11 is 1.42. The molecule has 15 N–H and O–H groups in total. The summed E-state index contributed by atoms with van der Waals surface area (Å²) in [5, 5.41) is 68.2. The van der Waals surface area contributed by atoms with E-state index in [1.165, 1.54) is 11.8 Å². The Bertz CT molecular complexity index is 937. The summed E-state index contributed by atoms with van der Waals surface area (Å²) in [6, 6.07) is -2.69. The fraction of sp³-hybridized carbons (Fsp3) is 0.885. The summed E-state index contributed by atoms with van der Waals surface area (Å²) < 4.78 is 11.4. The van der Waals surface area contributed by atoms with E-state index >= 15 is 0 Å². The molecule has 0 unspecified atom stereocenters.